The molecule has 0 aromatic heterocycles. The van der Waals surface area contributed by atoms with Crippen LogP contribution in [0.4, 0.5) is 0 Å². The molecule has 90 valence electrons. The van der Waals surface area contributed by atoms with Crippen LogP contribution in [0, 0.1) is 6.57 Å². The molecular weight excluding hydrogens is 204 g/mol. The van der Waals surface area contributed by atoms with Gasteiger partial charge in [-0.15, -0.1) is 0 Å². The van der Waals surface area contributed by atoms with Gasteiger partial charge in [-0.2, -0.15) is 0 Å². The fraction of sp³-hybridized carbons (Fsp3) is 0.818. The predicted octanol–water partition coefficient (Wildman–Crippen LogP) is 0.135. The quantitative estimate of drug-likeness (QED) is 0.676. The van der Waals surface area contributed by atoms with E-state index < -0.39 is 12.1 Å². The number of carbonyl (C=O) groups is 1. The maximum absolute atomic E-state index is 11.0. The van der Waals surface area contributed by atoms with Crippen LogP contribution >= 0.6 is 0 Å². The van der Waals surface area contributed by atoms with E-state index in [1.807, 2.05) is 4.90 Å². The highest BCUT2D eigenvalue weighted by atomic mass is 16.1. The highest BCUT2D eigenvalue weighted by Gasteiger charge is 2.31. The molecule has 0 radical (unpaired) electrons. The Kier molecular flexibility index (Phi) is 5.23. The Labute approximate surface area is 97.0 Å². The molecule has 1 unspecified atom stereocenters. The van der Waals surface area contributed by atoms with Gasteiger partial charge in [0.15, 0.2) is 0 Å². The van der Waals surface area contributed by atoms with Crippen LogP contribution in [0.15, 0.2) is 0 Å². The highest BCUT2D eigenvalue weighted by Crippen LogP contribution is 2.08. The standard InChI is InChI=1S/C11H20N4O/c1-3-4-5-14-6-8-15(9-7-14)11(13-2)10(12)16/h11H,3-9H2,1H3,(H2,12,16). The van der Waals surface area contributed by atoms with Gasteiger partial charge in [-0.25, -0.2) is 11.5 Å². The van der Waals surface area contributed by atoms with Crippen molar-refractivity contribution in [2.24, 2.45) is 5.73 Å². The van der Waals surface area contributed by atoms with E-state index in [1.54, 1.807) is 0 Å². The molecule has 1 heterocycles. The number of carbonyl (C=O) groups excluding carboxylic acids is 1. The summed E-state index contributed by atoms with van der Waals surface area (Å²) in [5, 5.41) is 0. The molecule has 1 saturated heterocycles. The van der Waals surface area contributed by atoms with Crippen molar-refractivity contribution in [2.45, 2.75) is 25.9 Å². The van der Waals surface area contributed by atoms with Crippen LogP contribution in [0.5, 0.6) is 0 Å². The topological polar surface area (TPSA) is 53.9 Å². The Morgan fingerprint density at radius 1 is 1.44 bits per heavy atom. The van der Waals surface area contributed by atoms with E-state index >= 15 is 0 Å². The number of piperazine rings is 1. The largest absolute Gasteiger partial charge is 0.362 e. The van der Waals surface area contributed by atoms with Gasteiger partial charge in [0.2, 0.25) is 0 Å². The molecule has 0 spiro atoms. The van der Waals surface area contributed by atoms with Crippen molar-refractivity contribution in [3.63, 3.8) is 0 Å². The van der Waals surface area contributed by atoms with Crippen molar-refractivity contribution in [1.29, 1.82) is 0 Å². The van der Waals surface area contributed by atoms with Crippen LogP contribution in [0.25, 0.3) is 4.85 Å². The highest BCUT2D eigenvalue weighted by molar-refractivity contribution is 5.81. The Bertz CT molecular complexity index is 266. The number of nitrogens with two attached hydrogens (primary N) is 1. The number of nitrogens with zero attached hydrogens (tertiary/aromatic N) is 3. The first-order valence-corrected chi connectivity index (χ1v) is 5.81. The first-order chi connectivity index (χ1) is 7.69. The van der Waals surface area contributed by atoms with Gasteiger partial charge in [-0.1, -0.05) is 13.3 Å². The fourth-order valence-corrected chi connectivity index (χ4v) is 1.94. The molecule has 1 atom stereocenters. The number of hydrogen-bond donors (Lipinski definition) is 1. The zero-order chi connectivity index (χ0) is 12.0. The Morgan fingerprint density at radius 3 is 2.50 bits per heavy atom. The maximum atomic E-state index is 11.0. The molecule has 0 aromatic rings. The van der Waals surface area contributed by atoms with E-state index in [0.717, 1.165) is 32.7 Å². The summed E-state index contributed by atoms with van der Waals surface area (Å²) in [6, 6.07) is 0. The minimum Gasteiger partial charge on any atom is -0.362 e. The molecule has 16 heavy (non-hydrogen) atoms. The lowest BCUT2D eigenvalue weighted by Crippen LogP contribution is -2.53. The molecule has 0 bridgehead atoms. The average Bonchev–Trinajstić information content (AvgIpc) is 2.28. The number of amides is 1. The Balaban J connectivity index is 2.36. The normalized spacial score (nSPS) is 20.2. The van der Waals surface area contributed by atoms with Gasteiger partial charge in [0.1, 0.15) is 0 Å². The molecule has 2 N–H and O–H groups in total. The van der Waals surface area contributed by atoms with Crippen molar-refractivity contribution in [3.05, 3.63) is 11.4 Å². The molecule has 5 nitrogen and oxygen atoms in total. The van der Waals surface area contributed by atoms with Crippen molar-refractivity contribution in [2.75, 3.05) is 32.7 Å². The third kappa shape index (κ3) is 3.47. The predicted molar refractivity (Wildman–Crippen MR) is 62.5 cm³/mol. The van der Waals surface area contributed by atoms with Gasteiger partial charge < -0.3 is 10.6 Å². The SMILES string of the molecule is [C-]#[N+]C(C(N)=O)N1CCN(CCCC)CC1. The summed E-state index contributed by atoms with van der Waals surface area (Å²) >= 11 is 0. The molecule has 0 aliphatic carbocycles. The van der Waals surface area contributed by atoms with E-state index in [4.69, 9.17) is 12.3 Å². The van der Waals surface area contributed by atoms with Crippen molar-refractivity contribution in [1.82, 2.24) is 9.80 Å². The fourth-order valence-electron chi connectivity index (χ4n) is 1.94. The number of unbranched alkanes of at least 4 members (excludes halogenated alkanes) is 1. The average molecular weight is 224 g/mol. The minimum absolute atomic E-state index is 0.531. The van der Waals surface area contributed by atoms with Crippen LogP contribution in [-0.4, -0.2) is 54.6 Å². The zero-order valence-electron chi connectivity index (χ0n) is 9.85. The van der Waals surface area contributed by atoms with Gasteiger partial charge >= 0.3 is 12.1 Å². The van der Waals surface area contributed by atoms with Crippen molar-refractivity contribution >= 4 is 5.91 Å². The third-order valence-electron chi connectivity index (χ3n) is 2.96. The molecule has 5 heteroatoms. The van der Waals surface area contributed by atoms with Gasteiger partial charge in [0.05, 0.1) is 0 Å². The second kappa shape index (κ2) is 6.46. The number of primary amides is 1. The first kappa shape index (κ1) is 12.9. The van der Waals surface area contributed by atoms with Gasteiger partial charge in [-0.05, 0) is 13.0 Å². The third-order valence-corrected chi connectivity index (χ3v) is 2.96. The number of hydrogen-bond acceptors (Lipinski definition) is 3. The van der Waals surface area contributed by atoms with Crippen LogP contribution in [0.2, 0.25) is 0 Å². The van der Waals surface area contributed by atoms with E-state index in [1.165, 1.54) is 12.8 Å². The maximum Gasteiger partial charge on any atom is 0.357 e. The van der Waals surface area contributed by atoms with Gasteiger partial charge in [-0.3, -0.25) is 9.64 Å². The van der Waals surface area contributed by atoms with Gasteiger partial charge in [0.25, 0.3) is 0 Å². The summed E-state index contributed by atoms with van der Waals surface area (Å²) in [6.07, 6.45) is 1.64. The van der Waals surface area contributed by atoms with Crippen LogP contribution in [0.3, 0.4) is 0 Å². The summed E-state index contributed by atoms with van der Waals surface area (Å²) in [4.78, 5) is 18.6. The van der Waals surface area contributed by atoms with E-state index in [9.17, 15) is 4.79 Å². The Morgan fingerprint density at radius 2 is 2.06 bits per heavy atom. The molecule has 1 amide bonds. The summed E-state index contributed by atoms with van der Waals surface area (Å²) in [6.45, 7) is 13.6. The van der Waals surface area contributed by atoms with Crippen LogP contribution in [0.1, 0.15) is 19.8 Å². The first-order valence-electron chi connectivity index (χ1n) is 5.81. The summed E-state index contributed by atoms with van der Waals surface area (Å²) in [7, 11) is 0. The van der Waals surface area contributed by atoms with Crippen LogP contribution < -0.4 is 5.73 Å². The monoisotopic (exact) mass is 224 g/mol. The van der Waals surface area contributed by atoms with Crippen LogP contribution in [-0.2, 0) is 4.79 Å². The molecule has 0 aromatic carbocycles. The van der Waals surface area contributed by atoms with Crippen molar-refractivity contribution in [3.8, 4) is 0 Å². The van der Waals surface area contributed by atoms with E-state index in [0.29, 0.717) is 0 Å². The van der Waals surface area contributed by atoms with E-state index in [-0.39, 0.29) is 0 Å². The summed E-state index contributed by atoms with van der Waals surface area (Å²) in [5.41, 5.74) is 5.18. The smallest absolute Gasteiger partial charge is 0.357 e. The second-order valence-electron chi connectivity index (χ2n) is 4.14. The molecule has 0 saturated carbocycles. The summed E-state index contributed by atoms with van der Waals surface area (Å²) < 4.78 is 0. The van der Waals surface area contributed by atoms with E-state index in [2.05, 4.69) is 16.7 Å². The molecule has 1 aliphatic heterocycles. The minimum atomic E-state index is -0.770. The van der Waals surface area contributed by atoms with Crippen molar-refractivity contribution < 1.29 is 4.79 Å². The van der Waals surface area contributed by atoms with Gasteiger partial charge in [0, 0.05) is 26.2 Å². The molecule has 1 fully saturated rings. The Hall–Kier alpha value is -1.12. The second-order valence-corrected chi connectivity index (χ2v) is 4.14. The zero-order valence-corrected chi connectivity index (χ0v) is 9.85. The lowest BCUT2D eigenvalue weighted by Gasteiger charge is -2.33. The lowest BCUT2D eigenvalue weighted by molar-refractivity contribution is -0.122. The summed E-state index contributed by atoms with van der Waals surface area (Å²) in [5.74, 6) is -0.531. The molecule has 1 rings (SSSR count). The number of rotatable bonds is 5. The lowest BCUT2D eigenvalue weighted by atomic mass is 10.2. The molecular formula is C11H20N4O. The molecule has 1 aliphatic rings.